The monoisotopic (exact) mass is 256 g/mol. The third kappa shape index (κ3) is 2.62. The molecule has 4 heteroatoms. The fraction of sp³-hybridized carbons (Fsp3) is 0.538. The number of piperidine rings is 1. The Kier molecular flexibility index (Phi) is 4.02. The molecule has 2 atom stereocenters. The van der Waals surface area contributed by atoms with Gasteiger partial charge in [-0.1, -0.05) is 17.7 Å². The van der Waals surface area contributed by atoms with Gasteiger partial charge in [0.05, 0.1) is 5.02 Å². The van der Waals surface area contributed by atoms with E-state index in [2.05, 4.69) is 11.9 Å². The molecule has 0 spiro atoms. The van der Waals surface area contributed by atoms with Gasteiger partial charge in [0.25, 0.3) is 0 Å². The van der Waals surface area contributed by atoms with Crippen molar-refractivity contribution in [2.45, 2.75) is 18.9 Å². The number of likely N-dealkylation sites (tertiary alicyclic amines) is 1. The van der Waals surface area contributed by atoms with Crippen LogP contribution in [0.2, 0.25) is 5.02 Å². The van der Waals surface area contributed by atoms with Crippen molar-refractivity contribution in [1.29, 1.82) is 0 Å². The number of rotatable bonds is 2. The number of halogens is 2. The zero-order chi connectivity index (χ0) is 12.4. The molecule has 0 saturated carbocycles. The van der Waals surface area contributed by atoms with Gasteiger partial charge in [-0.3, -0.25) is 4.90 Å². The fourth-order valence-electron chi connectivity index (χ4n) is 2.73. The third-order valence-corrected chi connectivity index (χ3v) is 3.88. The third-order valence-electron chi connectivity index (χ3n) is 3.60. The summed E-state index contributed by atoms with van der Waals surface area (Å²) in [4.78, 5) is 2.28. The van der Waals surface area contributed by atoms with E-state index in [1.54, 1.807) is 6.07 Å². The molecule has 0 aromatic heterocycles. The molecule has 1 heterocycles. The molecule has 2 rings (SSSR count). The van der Waals surface area contributed by atoms with Crippen molar-refractivity contribution in [3.8, 4) is 0 Å². The Labute approximate surface area is 107 Å². The quantitative estimate of drug-likeness (QED) is 0.882. The maximum atomic E-state index is 13.2. The summed E-state index contributed by atoms with van der Waals surface area (Å²) < 4.78 is 13.2. The zero-order valence-corrected chi connectivity index (χ0v) is 10.8. The molecule has 17 heavy (non-hydrogen) atoms. The number of hydrogen-bond acceptors (Lipinski definition) is 2. The van der Waals surface area contributed by atoms with Gasteiger partial charge >= 0.3 is 0 Å². The first-order valence-electron chi connectivity index (χ1n) is 5.98. The fourth-order valence-corrected chi connectivity index (χ4v) is 2.92. The lowest BCUT2D eigenvalue weighted by molar-refractivity contribution is 0.125. The summed E-state index contributed by atoms with van der Waals surface area (Å²) in [5.74, 6) is 0.0634. The van der Waals surface area contributed by atoms with E-state index in [0.29, 0.717) is 12.5 Å². The highest BCUT2D eigenvalue weighted by atomic mass is 35.5. The number of nitrogens with two attached hydrogens (primary N) is 1. The van der Waals surface area contributed by atoms with Crippen molar-refractivity contribution in [3.63, 3.8) is 0 Å². The number of benzene rings is 1. The molecule has 2 unspecified atom stereocenters. The van der Waals surface area contributed by atoms with Crippen molar-refractivity contribution in [1.82, 2.24) is 4.90 Å². The SMILES string of the molecule is CN1CCCC(CN)C1c1ccc(F)c(Cl)c1. The van der Waals surface area contributed by atoms with Gasteiger partial charge in [-0.25, -0.2) is 4.39 Å². The highest BCUT2D eigenvalue weighted by molar-refractivity contribution is 6.30. The molecule has 0 aliphatic carbocycles. The van der Waals surface area contributed by atoms with Crippen LogP contribution >= 0.6 is 11.6 Å². The van der Waals surface area contributed by atoms with Gasteiger partial charge < -0.3 is 5.73 Å². The normalized spacial score (nSPS) is 26.1. The second-order valence-electron chi connectivity index (χ2n) is 4.74. The molecule has 0 amide bonds. The molecule has 1 saturated heterocycles. The Morgan fingerprint density at radius 1 is 1.53 bits per heavy atom. The summed E-state index contributed by atoms with van der Waals surface area (Å²) in [5.41, 5.74) is 6.89. The van der Waals surface area contributed by atoms with Crippen molar-refractivity contribution in [2.75, 3.05) is 20.1 Å². The largest absolute Gasteiger partial charge is 0.330 e. The minimum absolute atomic E-state index is 0.192. The van der Waals surface area contributed by atoms with E-state index in [1.165, 1.54) is 12.5 Å². The van der Waals surface area contributed by atoms with Gasteiger partial charge in [0.15, 0.2) is 0 Å². The molecule has 1 fully saturated rings. The van der Waals surface area contributed by atoms with Crippen molar-refractivity contribution < 1.29 is 4.39 Å². The van der Waals surface area contributed by atoms with Crippen LogP contribution in [0.25, 0.3) is 0 Å². The van der Waals surface area contributed by atoms with Crippen LogP contribution in [0.5, 0.6) is 0 Å². The molecule has 0 bridgehead atoms. The summed E-state index contributed by atoms with van der Waals surface area (Å²) in [6.45, 7) is 1.71. The molecule has 1 aliphatic rings. The van der Waals surface area contributed by atoms with Crippen LogP contribution in [0.1, 0.15) is 24.4 Å². The molecule has 2 nitrogen and oxygen atoms in total. The average molecular weight is 257 g/mol. The predicted octanol–water partition coefficient (Wildman–Crippen LogP) is 2.82. The van der Waals surface area contributed by atoms with E-state index in [0.717, 1.165) is 18.5 Å². The minimum atomic E-state index is -0.363. The summed E-state index contributed by atoms with van der Waals surface area (Å²) in [6, 6.07) is 5.24. The molecule has 1 aliphatic heterocycles. The van der Waals surface area contributed by atoms with E-state index in [4.69, 9.17) is 17.3 Å². The maximum absolute atomic E-state index is 13.2. The smallest absolute Gasteiger partial charge is 0.141 e. The lowest BCUT2D eigenvalue weighted by Gasteiger charge is -2.39. The Bertz CT molecular complexity index is 397. The second-order valence-corrected chi connectivity index (χ2v) is 5.14. The van der Waals surface area contributed by atoms with Gasteiger partial charge in [0.1, 0.15) is 5.82 Å². The van der Waals surface area contributed by atoms with Crippen LogP contribution in [-0.2, 0) is 0 Å². The van der Waals surface area contributed by atoms with Crippen molar-refractivity contribution in [2.24, 2.45) is 11.7 Å². The van der Waals surface area contributed by atoms with E-state index in [-0.39, 0.29) is 16.9 Å². The van der Waals surface area contributed by atoms with Gasteiger partial charge in [-0.05, 0) is 56.6 Å². The Hall–Kier alpha value is -0.640. The standard InChI is InChI=1S/C13H18ClFN2/c1-17-6-2-3-10(8-16)13(17)9-4-5-12(15)11(14)7-9/h4-5,7,10,13H,2-3,6,8,16H2,1H3. The van der Waals surface area contributed by atoms with E-state index < -0.39 is 0 Å². The number of hydrogen-bond donors (Lipinski definition) is 1. The molecule has 1 aromatic rings. The zero-order valence-electron chi connectivity index (χ0n) is 10.00. The molecule has 2 N–H and O–H groups in total. The van der Waals surface area contributed by atoms with Gasteiger partial charge in [-0.15, -0.1) is 0 Å². The average Bonchev–Trinajstić information content (AvgIpc) is 2.32. The van der Waals surface area contributed by atoms with Crippen LogP contribution in [0.15, 0.2) is 18.2 Å². The van der Waals surface area contributed by atoms with Crippen LogP contribution in [-0.4, -0.2) is 25.0 Å². The molecular formula is C13H18ClFN2. The van der Waals surface area contributed by atoms with Crippen LogP contribution in [0.4, 0.5) is 4.39 Å². The summed E-state index contributed by atoms with van der Waals surface area (Å²) in [5, 5.41) is 0.192. The van der Waals surface area contributed by atoms with Crippen molar-refractivity contribution in [3.05, 3.63) is 34.6 Å². The van der Waals surface area contributed by atoms with Crippen molar-refractivity contribution >= 4 is 11.6 Å². The summed E-state index contributed by atoms with van der Waals surface area (Å²) in [7, 11) is 2.09. The topological polar surface area (TPSA) is 29.3 Å². The second kappa shape index (κ2) is 5.34. The van der Waals surface area contributed by atoms with Gasteiger partial charge in [0.2, 0.25) is 0 Å². The molecule has 94 valence electrons. The maximum Gasteiger partial charge on any atom is 0.141 e. The highest BCUT2D eigenvalue weighted by Crippen LogP contribution is 2.35. The first-order valence-corrected chi connectivity index (χ1v) is 6.36. The van der Waals surface area contributed by atoms with E-state index in [1.807, 2.05) is 6.07 Å². The number of nitrogens with zero attached hydrogens (tertiary/aromatic N) is 1. The summed E-state index contributed by atoms with van der Waals surface area (Å²) >= 11 is 5.85. The lowest BCUT2D eigenvalue weighted by Crippen LogP contribution is -2.39. The first kappa shape index (κ1) is 12.8. The van der Waals surface area contributed by atoms with Gasteiger partial charge in [-0.2, -0.15) is 0 Å². The van der Waals surface area contributed by atoms with Crippen LogP contribution in [0.3, 0.4) is 0 Å². The lowest BCUT2D eigenvalue weighted by atomic mass is 9.85. The van der Waals surface area contributed by atoms with E-state index in [9.17, 15) is 4.39 Å². The Morgan fingerprint density at radius 2 is 2.29 bits per heavy atom. The summed E-state index contributed by atoms with van der Waals surface area (Å²) in [6.07, 6.45) is 2.30. The molecular weight excluding hydrogens is 239 g/mol. The molecule has 0 radical (unpaired) electrons. The predicted molar refractivity (Wildman–Crippen MR) is 68.6 cm³/mol. The van der Waals surface area contributed by atoms with Gasteiger partial charge in [0, 0.05) is 6.04 Å². The highest BCUT2D eigenvalue weighted by Gasteiger charge is 2.29. The van der Waals surface area contributed by atoms with Crippen LogP contribution < -0.4 is 5.73 Å². The Balaban J connectivity index is 2.31. The minimum Gasteiger partial charge on any atom is -0.330 e. The van der Waals surface area contributed by atoms with E-state index >= 15 is 0 Å². The molecule has 1 aromatic carbocycles. The van der Waals surface area contributed by atoms with Crippen LogP contribution in [0, 0.1) is 11.7 Å². The Morgan fingerprint density at radius 3 is 2.94 bits per heavy atom. The first-order chi connectivity index (χ1) is 8.13.